The summed E-state index contributed by atoms with van der Waals surface area (Å²) in [5.74, 6) is -0.0317. The third-order valence-corrected chi connectivity index (χ3v) is 2.21. The van der Waals surface area contributed by atoms with E-state index in [2.05, 4.69) is 10.4 Å². The Hall–Kier alpha value is -1.36. The summed E-state index contributed by atoms with van der Waals surface area (Å²) < 4.78 is 1.74. The Labute approximate surface area is 96.0 Å². The van der Waals surface area contributed by atoms with Crippen LogP contribution in [0.2, 0.25) is 0 Å². The summed E-state index contributed by atoms with van der Waals surface area (Å²) in [6.45, 7) is 6.10. The van der Waals surface area contributed by atoms with Crippen LogP contribution in [0.4, 0.5) is 0 Å². The highest BCUT2D eigenvalue weighted by Gasteiger charge is 2.16. The van der Waals surface area contributed by atoms with Gasteiger partial charge in [-0.3, -0.25) is 9.48 Å². The van der Waals surface area contributed by atoms with Gasteiger partial charge in [0, 0.05) is 37.3 Å². The zero-order chi connectivity index (χ0) is 12.3. The summed E-state index contributed by atoms with van der Waals surface area (Å²) >= 11 is 0. The Morgan fingerprint density at radius 2 is 2.25 bits per heavy atom. The minimum Gasteiger partial charge on any atom is -0.352 e. The van der Waals surface area contributed by atoms with Crippen LogP contribution in [0, 0.1) is 6.92 Å². The van der Waals surface area contributed by atoms with Gasteiger partial charge in [-0.25, -0.2) is 0 Å². The van der Waals surface area contributed by atoms with Crippen LogP contribution < -0.4 is 11.1 Å². The van der Waals surface area contributed by atoms with Gasteiger partial charge in [-0.2, -0.15) is 5.10 Å². The van der Waals surface area contributed by atoms with E-state index in [4.69, 9.17) is 5.73 Å². The third-order valence-electron chi connectivity index (χ3n) is 2.21. The molecular weight excluding hydrogens is 204 g/mol. The first-order valence-electron chi connectivity index (χ1n) is 5.32. The topological polar surface area (TPSA) is 72.9 Å². The molecule has 0 saturated heterocycles. The van der Waals surface area contributed by atoms with Crippen molar-refractivity contribution < 1.29 is 4.79 Å². The number of aryl methyl sites for hydroxylation is 2. The van der Waals surface area contributed by atoms with Crippen molar-refractivity contribution in [3.8, 4) is 0 Å². The number of amides is 1. The Kier molecular flexibility index (Phi) is 3.70. The van der Waals surface area contributed by atoms with Gasteiger partial charge in [0.25, 0.3) is 0 Å². The lowest BCUT2D eigenvalue weighted by atomic mass is 10.0. The van der Waals surface area contributed by atoms with E-state index in [0.29, 0.717) is 13.0 Å². The van der Waals surface area contributed by atoms with Crippen LogP contribution >= 0.6 is 0 Å². The molecule has 1 amide bonds. The van der Waals surface area contributed by atoms with Crippen LogP contribution in [-0.2, 0) is 18.4 Å². The van der Waals surface area contributed by atoms with E-state index in [9.17, 15) is 4.79 Å². The Balaban J connectivity index is 2.46. The maximum atomic E-state index is 11.5. The second-order valence-corrected chi connectivity index (χ2v) is 4.86. The molecule has 1 aromatic heterocycles. The van der Waals surface area contributed by atoms with Gasteiger partial charge in [0.1, 0.15) is 0 Å². The fourth-order valence-electron chi connectivity index (χ4n) is 1.49. The standard InChI is InChI=1S/C11H20N4O/c1-8-9(7-15(4)14-8)6-13-10(16)5-11(2,3)12/h7H,5-6,12H2,1-4H3,(H,13,16). The van der Waals surface area contributed by atoms with Crippen LogP contribution in [0.3, 0.4) is 0 Å². The molecule has 5 heteroatoms. The number of nitrogens with one attached hydrogen (secondary N) is 1. The van der Waals surface area contributed by atoms with Crippen LogP contribution in [0.15, 0.2) is 6.20 Å². The van der Waals surface area contributed by atoms with Gasteiger partial charge >= 0.3 is 0 Å². The number of nitrogens with two attached hydrogens (primary N) is 1. The largest absolute Gasteiger partial charge is 0.352 e. The predicted molar refractivity (Wildman–Crippen MR) is 62.7 cm³/mol. The van der Waals surface area contributed by atoms with E-state index in [-0.39, 0.29) is 5.91 Å². The molecule has 0 aliphatic heterocycles. The molecule has 1 rings (SSSR count). The van der Waals surface area contributed by atoms with E-state index >= 15 is 0 Å². The van der Waals surface area contributed by atoms with Gasteiger partial charge in [0.2, 0.25) is 5.91 Å². The van der Waals surface area contributed by atoms with Crippen LogP contribution in [-0.4, -0.2) is 21.2 Å². The maximum Gasteiger partial charge on any atom is 0.222 e. The molecule has 0 aliphatic rings. The molecule has 16 heavy (non-hydrogen) atoms. The van der Waals surface area contributed by atoms with Crippen molar-refractivity contribution in [3.63, 3.8) is 0 Å². The molecule has 0 spiro atoms. The summed E-state index contributed by atoms with van der Waals surface area (Å²) in [6, 6.07) is 0. The molecule has 3 N–H and O–H groups in total. The number of aromatic nitrogens is 2. The van der Waals surface area contributed by atoms with Gasteiger partial charge in [-0.05, 0) is 20.8 Å². The van der Waals surface area contributed by atoms with Gasteiger partial charge in [-0.1, -0.05) is 0 Å². The van der Waals surface area contributed by atoms with Crippen LogP contribution in [0.25, 0.3) is 0 Å². The van der Waals surface area contributed by atoms with Crippen molar-refractivity contribution in [2.45, 2.75) is 39.3 Å². The van der Waals surface area contributed by atoms with Crippen molar-refractivity contribution >= 4 is 5.91 Å². The quantitative estimate of drug-likeness (QED) is 0.781. The number of nitrogens with zero attached hydrogens (tertiary/aromatic N) is 2. The average molecular weight is 224 g/mol. The molecule has 0 saturated carbocycles. The van der Waals surface area contributed by atoms with Crippen molar-refractivity contribution in [2.24, 2.45) is 12.8 Å². The van der Waals surface area contributed by atoms with Gasteiger partial charge < -0.3 is 11.1 Å². The molecule has 0 atom stereocenters. The normalized spacial score (nSPS) is 11.6. The Morgan fingerprint density at radius 1 is 1.62 bits per heavy atom. The number of carbonyl (C=O) groups excluding carboxylic acids is 1. The lowest BCUT2D eigenvalue weighted by Gasteiger charge is -2.17. The summed E-state index contributed by atoms with van der Waals surface area (Å²) in [6.07, 6.45) is 2.23. The summed E-state index contributed by atoms with van der Waals surface area (Å²) in [5.41, 5.74) is 7.27. The minimum atomic E-state index is -0.464. The van der Waals surface area contributed by atoms with Gasteiger partial charge in [-0.15, -0.1) is 0 Å². The van der Waals surface area contributed by atoms with Crippen molar-refractivity contribution in [1.29, 1.82) is 0 Å². The van der Waals surface area contributed by atoms with Crippen molar-refractivity contribution in [2.75, 3.05) is 0 Å². The smallest absolute Gasteiger partial charge is 0.222 e. The van der Waals surface area contributed by atoms with Gasteiger partial charge in [0.15, 0.2) is 0 Å². The first-order valence-corrected chi connectivity index (χ1v) is 5.32. The molecule has 0 aromatic carbocycles. The average Bonchev–Trinajstić information content (AvgIpc) is 2.38. The fourth-order valence-corrected chi connectivity index (χ4v) is 1.49. The second kappa shape index (κ2) is 4.65. The van der Waals surface area contributed by atoms with Crippen molar-refractivity contribution in [1.82, 2.24) is 15.1 Å². The molecule has 0 aliphatic carbocycles. The van der Waals surface area contributed by atoms with Crippen molar-refractivity contribution in [3.05, 3.63) is 17.5 Å². The van der Waals surface area contributed by atoms with Crippen LogP contribution in [0.1, 0.15) is 31.5 Å². The van der Waals surface area contributed by atoms with E-state index < -0.39 is 5.54 Å². The SMILES string of the molecule is Cc1nn(C)cc1CNC(=O)CC(C)(C)N. The number of hydrogen-bond acceptors (Lipinski definition) is 3. The molecule has 0 unspecified atom stereocenters. The molecule has 0 fully saturated rings. The number of carbonyl (C=O) groups is 1. The lowest BCUT2D eigenvalue weighted by molar-refractivity contribution is -0.122. The molecule has 0 bridgehead atoms. The highest BCUT2D eigenvalue weighted by molar-refractivity contribution is 5.77. The Morgan fingerprint density at radius 3 is 2.69 bits per heavy atom. The summed E-state index contributed by atoms with van der Waals surface area (Å²) in [4.78, 5) is 11.5. The zero-order valence-electron chi connectivity index (χ0n) is 10.4. The van der Waals surface area contributed by atoms with E-state index in [1.54, 1.807) is 4.68 Å². The second-order valence-electron chi connectivity index (χ2n) is 4.86. The molecule has 1 aromatic rings. The van der Waals surface area contributed by atoms with Crippen LogP contribution in [0.5, 0.6) is 0 Å². The zero-order valence-corrected chi connectivity index (χ0v) is 10.4. The van der Waals surface area contributed by atoms with E-state index in [1.165, 1.54) is 0 Å². The Bertz CT molecular complexity index is 376. The number of rotatable bonds is 4. The number of hydrogen-bond donors (Lipinski definition) is 2. The maximum absolute atomic E-state index is 11.5. The monoisotopic (exact) mass is 224 g/mol. The predicted octanol–water partition coefficient (Wildman–Crippen LogP) is 0.472. The molecule has 1 heterocycles. The fraction of sp³-hybridized carbons (Fsp3) is 0.636. The first-order chi connectivity index (χ1) is 7.28. The first kappa shape index (κ1) is 12.7. The van der Waals surface area contributed by atoms with E-state index in [0.717, 1.165) is 11.3 Å². The highest BCUT2D eigenvalue weighted by atomic mass is 16.1. The third kappa shape index (κ3) is 4.02. The summed E-state index contributed by atoms with van der Waals surface area (Å²) in [5, 5.41) is 7.04. The summed E-state index contributed by atoms with van der Waals surface area (Å²) in [7, 11) is 1.86. The highest BCUT2D eigenvalue weighted by Crippen LogP contribution is 2.06. The molecule has 5 nitrogen and oxygen atoms in total. The molecule has 0 radical (unpaired) electrons. The minimum absolute atomic E-state index is 0.0317. The van der Waals surface area contributed by atoms with Gasteiger partial charge in [0.05, 0.1) is 5.69 Å². The molecule has 90 valence electrons. The molecular formula is C11H20N4O. The lowest BCUT2D eigenvalue weighted by Crippen LogP contribution is -2.38. The van der Waals surface area contributed by atoms with E-state index in [1.807, 2.05) is 34.0 Å².